The molecule has 3 rings (SSSR count). The summed E-state index contributed by atoms with van der Waals surface area (Å²) in [4.78, 5) is 16.6. The van der Waals surface area contributed by atoms with Crippen molar-refractivity contribution in [1.29, 1.82) is 0 Å². The third kappa shape index (κ3) is 4.70. The first-order valence-corrected chi connectivity index (χ1v) is 8.63. The van der Waals surface area contributed by atoms with Gasteiger partial charge in [-0.1, -0.05) is 24.3 Å². The zero-order chi connectivity index (χ0) is 17.5. The highest BCUT2D eigenvalue weighted by atomic mass is 16.6. The van der Waals surface area contributed by atoms with Crippen LogP contribution in [-0.2, 0) is 19.3 Å². The van der Waals surface area contributed by atoms with E-state index in [9.17, 15) is 4.79 Å². The van der Waals surface area contributed by atoms with E-state index in [1.807, 2.05) is 18.2 Å². The third-order valence-corrected chi connectivity index (χ3v) is 4.16. The van der Waals surface area contributed by atoms with Crippen molar-refractivity contribution >= 4 is 11.9 Å². The van der Waals surface area contributed by atoms with Gasteiger partial charge in [0.05, 0.1) is 0 Å². The van der Waals surface area contributed by atoms with Gasteiger partial charge in [-0.3, -0.25) is 0 Å². The molecule has 6 heteroatoms. The molecule has 132 valence electrons. The molecular formula is C19H23N3O3. The molecule has 0 saturated carbocycles. The molecule has 0 fully saturated rings. The Balaban J connectivity index is 1.50. The molecule has 0 radical (unpaired) electrons. The Morgan fingerprint density at radius 1 is 1.24 bits per heavy atom. The number of ether oxygens (including phenoxy) is 1. The number of aliphatic hydroxyl groups excluding tert-OH is 1. The first-order valence-electron chi connectivity index (χ1n) is 8.63. The molecule has 0 saturated heterocycles. The maximum Gasteiger partial charge on any atom is 0.412 e. The number of hydrogen-bond donors (Lipinski definition) is 3. The maximum atomic E-state index is 12.0. The first-order chi connectivity index (χ1) is 12.3. The predicted molar refractivity (Wildman–Crippen MR) is 96.0 cm³/mol. The van der Waals surface area contributed by atoms with E-state index in [0.717, 1.165) is 36.5 Å². The quantitative estimate of drug-likeness (QED) is 0.751. The third-order valence-electron chi connectivity index (χ3n) is 4.16. The largest absolute Gasteiger partial charge is 0.412 e. The predicted octanol–water partition coefficient (Wildman–Crippen LogP) is 2.31. The molecule has 2 heterocycles. The molecule has 0 atom stereocenters. The number of nitrogens with one attached hydrogen (secondary N) is 2. The number of aliphatic hydroxyl groups is 1. The van der Waals surface area contributed by atoms with E-state index in [0.29, 0.717) is 25.1 Å². The first kappa shape index (κ1) is 17.2. The van der Waals surface area contributed by atoms with Gasteiger partial charge in [-0.05, 0) is 42.5 Å². The average molecular weight is 341 g/mol. The Morgan fingerprint density at radius 3 is 3.00 bits per heavy atom. The van der Waals surface area contributed by atoms with Crippen molar-refractivity contribution in [3.8, 4) is 5.75 Å². The lowest BCUT2D eigenvalue weighted by molar-refractivity contribution is 0.199. The molecule has 1 aliphatic heterocycles. The van der Waals surface area contributed by atoms with Crippen LogP contribution in [0.25, 0.3) is 0 Å². The van der Waals surface area contributed by atoms with Gasteiger partial charge in [0.2, 0.25) is 0 Å². The van der Waals surface area contributed by atoms with E-state index >= 15 is 0 Å². The zero-order valence-electron chi connectivity index (χ0n) is 14.1. The molecule has 1 aromatic carbocycles. The minimum Gasteiger partial charge on any atom is -0.410 e. The van der Waals surface area contributed by atoms with E-state index in [4.69, 9.17) is 9.84 Å². The summed E-state index contributed by atoms with van der Waals surface area (Å²) in [7, 11) is 0. The summed E-state index contributed by atoms with van der Waals surface area (Å²) in [6.45, 7) is 1.42. The van der Waals surface area contributed by atoms with Crippen molar-refractivity contribution < 1.29 is 14.6 Å². The summed E-state index contributed by atoms with van der Waals surface area (Å²) in [5, 5.41) is 15.1. The van der Waals surface area contributed by atoms with Gasteiger partial charge in [0.15, 0.2) is 0 Å². The van der Waals surface area contributed by atoms with Gasteiger partial charge in [0.25, 0.3) is 0 Å². The Bertz CT molecular complexity index is 734. The Hall–Kier alpha value is -2.60. The maximum absolute atomic E-state index is 12.0. The van der Waals surface area contributed by atoms with Crippen LogP contribution in [0.5, 0.6) is 5.75 Å². The van der Waals surface area contributed by atoms with E-state index in [1.54, 1.807) is 12.1 Å². The molecule has 0 aliphatic carbocycles. The number of rotatable bonds is 6. The zero-order valence-corrected chi connectivity index (χ0v) is 14.1. The van der Waals surface area contributed by atoms with Crippen LogP contribution in [0.2, 0.25) is 0 Å². The van der Waals surface area contributed by atoms with Crippen LogP contribution in [0.1, 0.15) is 23.2 Å². The molecule has 25 heavy (non-hydrogen) atoms. The Morgan fingerprint density at radius 2 is 2.12 bits per heavy atom. The van der Waals surface area contributed by atoms with Gasteiger partial charge >= 0.3 is 6.09 Å². The van der Waals surface area contributed by atoms with Crippen molar-refractivity contribution in [3.05, 3.63) is 53.2 Å². The number of benzene rings is 1. The number of pyridine rings is 1. The van der Waals surface area contributed by atoms with Gasteiger partial charge in [-0.2, -0.15) is 0 Å². The topological polar surface area (TPSA) is 83.5 Å². The Labute approximate surface area is 147 Å². The molecular weight excluding hydrogens is 318 g/mol. The average Bonchev–Trinajstić information content (AvgIpc) is 2.63. The van der Waals surface area contributed by atoms with Gasteiger partial charge in [-0.15, -0.1) is 0 Å². The number of nitrogens with zero attached hydrogens (tertiary/aromatic N) is 1. The van der Waals surface area contributed by atoms with Crippen LogP contribution in [0.3, 0.4) is 0 Å². The van der Waals surface area contributed by atoms with Crippen LogP contribution in [0, 0.1) is 0 Å². The summed E-state index contributed by atoms with van der Waals surface area (Å²) < 4.78 is 5.33. The van der Waals surface area contributed by atoms with E-state index in [1.165, 1.54) is 5.56 Å². The highest BCUT2D eigenvalue weighted by Crippen LogP contribution is 2.20. The van der Waals surface area contributed by atoms with Gasteiger partial charge in [-0.25, -0.2) is 9.78 Å². The number of fused-ring (bicyclic) bond motifs is 1. The molecule has 6 nitrogen and oxygen atoms in total. The number of anilines is 1. The monoisotopic (exact) mass is 341 g/mol. The summed E-state index contributed by atoms with van der Waals surface area (Å²) in [6.07, 6.45) is 2.80. The number of aryl methyl sites for hydroxylation is 1. The number of hydrogen-bond acceptors (Lipinski definition) is 5. The van der Waals surface area contributed by atoms with E-state index < -0.39 is 6.09 Å². The lowest BCUT2D eigenvalue weighted by atomic mass is 10.1. The van der Waals surface area contributed by atoms with Crippen LogP contribution >= 0.6 is 0 Å². The van der Waals surface area contributed by atoms with E-state index in [-0.39, 0.29) is 6.61 Å². The normalized spacial score (nSPS) is 12.8. The fraction of sp³-hybridized carbons (Fsp3) is 0.368. The van der Waals surface area contributed by atoms with Crippen LogP contribution < -0.4 is 15.4 Å². The molecule has 2 aromatic rings. The van der Waals surface area contributed by atoms with E-state index in [2.05, 4.69) is 21.7 Å². The van der Waals surface area contributed by atoms with Gasteiger partial charge in [0.1, 0.15) is 11.6 Å². The molecule has 1 amide bonds. The van der Waals surface area contributed by atoms with Crippen molar-refractivity contribution in [1.82, 2.24) is 10.3 Å². The second kappa shape index (κ2) is 8.48. The molecule has 0 unspecified atom stereocenters. The lowest BCUT2D eigenvalue weighted by Gasteiger charge is -2.17. The summed E-state index contributed by atoms with van der Waals surface area (Å²) in [5.41, 5.74) is 3.00. The molecule has 1 aromatic heterocycles. The number of para-hydroxylation sites is 1. The van der Waals surface area contributed by atoms with Crippen molar-refractivity contribution in [2.24, 2.45) is 0 Å². The van der Waals surface area contributed by atoms with Crippen molar-refractivity contribution in [2.75, 3.05) is 25.0 Å². The number of amides is 1. The SMILES string of the molecule is O=C(NCCc1ccc2c(n1)NCCC2)Oc1ccccc1CCO. The summed E-state index contributed by atoms with van der Waals surface area (Å²) in [5.74, 6) is 1.44. The summed E-state index contributed by atoms with van der Waals surface area (Å²) in [6, 6.07) is 11.3. The minimum absolute atomic E-state index is 0.0139. The van der Waals surface area contributed by atoms with Crippen LogP contribution in [0.15, 0.2) is 36.4 Å². The minimum atomic E-state index is -0.499. The fourth-order valence-electron chi connectivity index (χ4n) is 2.87. The summed E-state index contributed by atoms with van der Waals surface area (Å²) >= 11 is 0. The molecule has 0 spiro atoms. The second-order valence-corrected chi connectivity index (χ2v) is 5.99. The second-order valence-electron chi connectivity index (χ2n) is 5.99. The van der Waals surface area contributed by atoms with Gasteiger partial charge < -0.3 is 20.5 Å². The Kier molecular flexibility index (Phi) is 5.85. The van der Waals surface area contributed by atoms with Gasteiger partial charge in [0, 0.05) is 31.8 Å². The highest BCUT2D eigenvalue weighted by molar-refractivity contribution is 5.70. The highest BCUT2D eigenvalue weighted by Gasteiger charge is 2.11. The lowest BCUT2D eigenvalue weighted by Crippen LogP contribution is -2.29. The number of carbonyl (C=O) groups is 1. The number of aromatic nitrogens is 1. The fourth-order valence-corrected chi connectivity index (χ4v) is 2.87. The standard InChI is InChI=1S/C19H23N3O3/c23-13-10-14-4-1-2-6-17(14)25-19(24)21-12-9-16-8-7-15-5-3-11-20-18(15)22-16/h1-2,4,6-8,23H,3,5,9-13H2,(H,20,22)(H,21,24). The molecule has 3 N–H and O–H groups in total. The van der Waals surface area contributed by atoms with Crippen LogP contribution in [-0.4, -0.2) is 35.9 Å². The van der Waals surface area contributed by atoms with Crippen LogP contribution in [0.4, 0.5) is 10.6 Å². The van der Waals surface area contributed by atoms with Crippen molar-refractivity contribution in [2.45, 2.75) is 25.7 Å². The van der Waals surface area contributed by atoms with Crippen molar-refractivity contribution in [3.63, 3.8) is 0 Å². The molecule has 1 aliphatic rings. The molecule has 0 bridgehead atoms. The number of carbonyl (C=O) groups excluding carboxylic acids is 1. The smallest absolute Gasteiger partial charge is 0.410 e.